The van der Waals surface area contributed by atoms with Crippen LogP contribution in [0.3, 0.4) is 0 Å². The first kappa shape index (κ1) is 18.7. The molecular formula is C26H19N3O2. The molecule has 0 saturated heterocycles. The van der Waals surface area contributed by atoms with Gasteiger partial charge in [0.15, 0.2) is 0 Å². The molecule has 5 rings (SSSR count). The highest BCUT2D eigenvalue weighted by Gasteiger charge is 2.29. The molecule has 0 bridgehead atoms. The molecule has 0 atom stereocenters. The Morgan fingerprint density at radius 1 is 0.935 bits per heavy atom. The predicted octanol–water partition coefficient (Wildman–Crippen LogP) is 5.51. The van der Waals surface area contributed by atoms with Gasteiger partial charge < -0.3 is 15.0 Å². The van der Waals surface area contributed by atoms with Crippen LogP contribution < -0.4 is 10.1 Å². The molecule has 3 aromatic carbocycles. The van der Waals surface area contributed by atoms with Crippen molar-refractivity contribution in [1.82, 2.24) is 4.90 Å². The number of benzene rings is 3. The minimum Gasteiger partial charge on any atom is -0.457 e. The molecule has 0 radical (unpaired) electrons. The molecule has 31 heavy (non-hydrogen) atoms. The molecule has 150 valence electrons. The third-order valence-electron chi connectivity index (χ3n) is 5.05. The second-order valence-corrected chi connectivity index (χ2v) is 7.14. The van der Waals surface area contributed by atoms with Gasteiger partial charge in [0.25, 0.3) is 5.91 Å². The minimum atomic E-state index is -0.128. The molecule has 0 aliphatic carbocycles. The van der Waals surface area contributed by atoms with Crippen molar-refractivity contribution >= 4 is 17.5 Å². The lowest BCUT2D eigenvalue weighted by atomic mass is 10.1. The number of para-hydroxylation sites is 1. The van der Waals surface area contributed by atoms with Gasteiger partial charge in [-0.15, -0.1) is 0 Å². The lowest BCUT2D eigenvalue weighted by molar-refractivity contribution is 0.0802. The number of carbonyl (C=O) groups is 1. The van der Waals surface area contributed by atoms with Crippen molar-refractivity contribution < 1.29 is 9.53 Å². The standard InChI is InChI=1S/C26H19N3O2/c30-26-22-16-21(31-20-10-5-2-6-11-20)13-14-23(22)28-24-12-7-15-27-17-25(24)29(26)18-19-8-3-1-4-9-19/h1-14,16-17,28H,18H2. The maximum Gasteiger partial charge on any atom is 0.260 e. The first-order valence-electron chi connectivity index (χ1n) is 9.97. The largest absolute Gasteiger partial charge is 0.457 e. The molecule has 5 heteroatoms. The lowest BCUT2D eigenvalue weighted by Crippen LogP contribution is -2.29. The minimum absolute atomic E-state index is 0.128. The van der Waals surface area contributed by atoms with Gasteiger partial charge in [0.05, 0.1) is 35.4 Å². The Labute approximate surface area is 180 Å². The number of anilines is 1. The van der Waals surface area contributed by atoms with Crippen LogP contribution in [0.4, 0.5) is 5.69 Å². The van der Waals surface area contributed by atoms with Gasteiger partial charge in [-0.25, -0.2) is 4.99 Å². The van der Waals surface area contributed by atoms with E-state index in [-0.39, 0.29) is 5.91 Å². The summed E-state index contributed by atoms with van der Waals surface area (Å²) >= 11 is 0. The number of rotatable bonds is 4. The van der Waals surface area contributed by atoms with Crippen molar-refractivity contribution in [1.29, 1.82) is 0 Å². The normalized spacial score (nSPS) is 14.5. The van der Waals surface area contributed by atoms with E-state index in [4.69, 9.17) is 4.74 Å². The van der Waals surface area contributed by atoms with Gasteiger partial charge in [0, 0.05) is 6.08 Å². The van der Waals surface area contributed by atoms with E-state index in [2.05, 4.69) is 16.2 Å². The van der Waals surface area contributed by atoms with E-state index in [0.29, 0.717) is 35.0 Å². The van der Waals surface area contributed by atoms with Crippen molar-refractivity contribution in [2.24, 2.45) is 4.99 Å². The SMILES string of the molecule is O=C1c2cc(Oc3ccccc3)ccc2NC2=CC=C=NC=C2N1Cc1ccccc1. The Morgan fingerprint density at radius 3 is 2.52 bits per heavy atom. The first-order valence-corrected chi connectivity index (χ1v) is 9.97. The summed E-state index contributed by atoms with van der Waals surface area (Å²) in [6.07, 6.45) is 5.27. The van der Waals surface area contributed by atoms with E-state index in [1.54, 1.807) is 23.2 Å². The Balaban J connectivity index is 1.56. The molecule has 1 N–H and O–H groups in total. The molecule has 5 nitrogen and oxygen atoms in total. The zero-order chi connectivity index (χ0) is 21.0. The maximum absolute atomic E-state index is 13.7. The quantitative estimate of drug-likeness (QED) is 0.623. The number of hydrogen-bond acceptors (Lipinski definition) is 4. The summed E-state index contributed by atoms with van der Waals surface area (Å²) in [6, 6.07) is 24.9. The van der Waals surface area contributed by atoms with Crippen molar-refractivity contribution in [2.45, 2.75) is 6.54 Å². The number of amides is 1. The summed E-state index contributed by atoms with van der Waals surface area (Å²) in [5.74, 6) is 4.02. The molecule has 0 saturated carbocycles. The maximum atomic E-state index is 13.7. The van der Waals surface area contributed by atoms with Crippen LogP contribution in [0.5, 0.6) is 11.5 Å². The van der Waals surface area contributed by atoms with Gasteiger partial charge >= 0.3 is 0 Å². The van der Waals surface area contributed by atoms with Gasteiger partial charge in [-0.3, -0.25) is 4.79 Å². The van der Waals surface area contributed by atoms with Crippen LogP contribution in [0, 0.1) is 0 Å². The number of aliphatic imine (C=N–C) groups is 1. The molecule has 2 aliphatic heterocycles. The highest BCUT2D eigenvalue weighted by Crippen LogP contribution is 2.34. The number of hydrogen-bond donors (Lipinski definition) is 1. The molecular weight excluding hydrogens is 386 g/mol. The molecule has 1 amide bonds. The summed E-state index contributed by atoms with van der Waals surface area (Å²) in [5.41, 5.74) is 3.75. The van der Waals surface area contributed by atoms with E-state index < -0.39 is 0 Å². The fourth-order valence-corrected chi connectivity index (χ4v) is 3.56. The number of allylic oxidation sites excluding steroid dienone is 2. The van der Waals surface area contributed by atoms with Crippen molar-refractivity contribution in [3.63, 3.8) is 0 Å². The smallest absolute Gasteiger partial charge is 0.260 e. The predicted molar refractivity (Wildman–Crippen MR) is 121 cm³/mol. The first-order chi connectivity index (χ1) is 15.3. The molecule has 3 aromatic rings. The second-order valence-electron chi connectivity index (χ2n) is 7.14. The molecule has 0 aromatic heterocycles. The monoisotopic (exact) mass is 405 g/mol. The Hall–Kier alpha value is -4.34. The van der Waals surface area contributed by atoms with Gasteiger partial charge in [-0.05, 0) is 47.8 Å². The average molecular weight is 405 g/mol. The number of nitrogens with zero attached hydrogens (tertiary/aromatic N) is 2. The lowest BCUT2D eigenvalue weighted by Gasteiger charge is -2.24. The van der Waals surface area contributed by atoms with Crippen LogP contribution in [0.1, 0.15) is 15.9 Å². The average Bonchev–Trinajstić information content (AvgIpc) is 3.09. The third-order valence-corrected chi connectivity index (χ3v) is 5.05. The Kier molecular flexibility index (Phi) is 4.93. The zero-order valence-electron chi connectivity index (χ0n) is 16.7. The summed E-state index contributed by atoms with van der Waals surface area (Å²) < 4.78 is 5.96. The summed E-state index contributed by atoms with van der Waals surface area (Å²) in [7, 11) is 0. The fraction of sp³-hybridized carbons (Fsp3) is 0.0385. The van der Waals surface area contributed by atoms with E-state index in [1.807, 2.05) is 78.9 Å². The van der Waals surface area contributed by atoms with Gasteiger partial charge in [-0.2, -0.15) is 0 Å². The van der Waals surface area contributed by atoms with Gasteiger partial charge in [0.1, 0.15) is 11.5 Å². The molecule has 2 heterocycles. The Morgan fingerprint density at radius 2 is 1.71 bits per heavy atom. The molecule has 0 spiro atoms. The van der Waals surface area contributed by atoms with E-state index >= 15 is 0 Å². The van der Waals surface area contributed by atoms with Crippen LogP contribution in [0.15, 0.2) is 114 Å². The highest BCUT2D eigenvalue weighted by molar-refractivity contribution is 6.03. The van der Waals surface area contributed by atoms with E-state index in [0.717, 1.165) is 11.3 Å². The number of ether oxygens (including phenoxy) is 1. The topological polar surface area (TPSA) is 53.9 Å². The van der Waals surface area contributed by atoms with E-state index in [9.17, 15) is 4.79 Å². The van der Waals surface area contributed by atoms with Crippen LogP contribution in [-0.2, 0) is 6.54 Å². The summed E-state index contributed by atoms with van der Waals surface area (Å²) in [4.78, 5) is 19.6. The summed E-state index contributed by atoms with van der Waals surface area (Å²) in [5, 5.41) is 3.38. The Bertz CT molecular complexity index is 1250. The van der Waals surface area contributed by atoms with Crippen molar-refractivity contribution in [3.8, 4) is 11.5 Å². The third kappa shape index (κ3) is 3.90. The number of fused-ring (bicyclic) bond motifs is 2. The van der Waals surface area contributed by atoms with Crippen molar-refractivity contribution in [2.75, 3.05) is 5.32 Å². The number of nitrogens with one attached hydrogen (secondary N) is 1. The summed E-state index contributed by atoms with van der Waals surface area (Å²) in [6.45, 7) is 0.420. The molecule has 0 unspecified atom stereocenters. The van der Waals surface area contributed by atoms with Crippen LogP contribution in [-0.4, -0.2) is 16.7 Å². The van der Waals surface area contributed by atoms with Gasteiger partial charge in [-0.1, -0.05) is 48.5 Å². The van der Waals surface area contributed by atoms with E-state index in [1.165, 1.54) is 0 Å². The molecule has 2 aliphatic rings. The fourth-order valence-electron chi connectivity index (χ4n) is 3.56. The number of carbonyl (C=O) groups excluding carboxylic acids is 1. The van der Waals surface area contributed by atoms with Crippen LogP contribution in [0.2, 0.25) is 0 Å². The van der Waals surface area contributed by atoms with Crippen LogP contribution in [0.25, 0.3) is 0 Å². The molecule has 0 fully saturated rings. The van der Waals surface area contributed by atoms with Crippen LogP contribution >= 0.6 is 0 Å². The second kappa shape index (κ2) is 8.19. The van der Waals surface area contributed by atoms with Gasteiger partial charge in [0.2, 0.25) is 0 Å². The highest BCUT2D eigenvalue weighted by atomic mass is 16.5. The zero-order valence-corrected chi connectivity index (χ0v) is 16.7. The van der Waals surface area contributed by atoms with Crippen molar-refractivity contribution in [3.05, 3.63) is 120 Å².